The zero-order valence-corrected chi connectivity index (χ0v) is 7.85. The highest BCUT2D eigenvalue weighted by atomic mass is 79.9. The van der Waals surface area contributed by atoms with Crippen LogP contribution in [0.3, 0.4) is 0 Å². The maximum absolute atomic E-state index is 11.1. The first-order valence-electron chi connectivity index (χ1n) is 3.54. The van der Waals surface area contributed by atoms with Crippen LogP contribution in [-0.4, -0.2) is 17.1 Å². The van der Waals surface area contributed by atoms with E-state index in [9.17, 15) is 9.59 Å². The van der Waals surface area contributed by atoms with Crippen molar-refractivity contribution in [3.63, 3.8) is 0 Å². The van der Waals surface area contributed by atoms with Crippen LogP contribution in [0.25, 0.3) is 0 Å². The average molecular weight is 220 g/mol. The van der Waals surface area contributed by atoms with Gasteiger partial charge in [-0.05, 0) is 5.92 Å². The molecule has 62 valence electrons. The van der Waals surface area contributed by atoms with Crippen molar-refractivity contribution in [1.82, 2.24) is 5.32 Å². The number of halogens is 1. The van der Waals surface area contributed by atoms with Gasteiger partial charge in [0, 0.05) is 11.8 Å². The molecule has 0 bridgehead atoms. The van der Waals surface area contributed by atoms with E-state index in [-0.39, 0.29) is 23.7 Å². The Morgan fingerprint density at radius 2 is 2.27 bits per heavy atom. The van der Waals surface area contributed by atoms with Gasteiger partial charge < -0.3 is 0 Å². The van der Waals surface area contributed by atoms with Crippen LogP contribution in [0.5, 0.6) is 0 Å². The van der Waals surface area contributed by atoms with Crippen LogP contribution in [-0.2, 0) is 9.59 Å². The molecule has 4 heteroatoms. The predicted octanol–water partition coefficient (Wildman–Crippen LogP) is 0.680. The van der Waals surface area contributed by atoms with Gasteiger partial charge in [-0.2, -0.15) is 0 Å². The Hall–Kier alpha value is -0.380. The molecule has 0 aromatic carbocycles. The summed E-state index contributed by atoms with van der Waals surface area (Å²) in [6.45, 7) is 1.92. The van der Waals surface area contributed by atoms with Crippen LogP contribution in [0.4, 0.5) is 0 Å². The number of carbonyl (C=O) groups excluding carboxylic acids is 2. The number of amides is 2. The number of piperidine rings is 1. The third-order valence-corrected chi connectivity index (χ3v) is 2.66. The second kappa shape index (κ2) is 3.34. The van der Waals surface area contributed by atoms with Crippen LogP contribution >= 0.6 is 15.9 Å². The minimum absolute atomic E-state index is 0.0484. The van der Waals surface area contributed by atoms with Crippen molar-refractivity contribution in [2.45, 2.75) is 13.3 Å². The Balaban J connectivity index is 2.66. The molecule has 0 aromatic rings. The molecule has 1 saturated heterocycles. The molecule has 0 aliphatic carbocycles. The molecule has 1 rings (SSSR count). The van der Waals surface area contributed by atoms with Crippen molar-refractivity contribution in [3.8, 4) is 0 Å². The molecule has 0 radical (unpaired) electrons. The van der Waals surface area contributed by atoms with E-state index in [0.29, 0.717) is 11.8 Å². The van der Waals surface area contributed by atoms with Gasteiger partial charge in [0.1, 0.15) is 0 Å². The van der Waals surface area contributed by atoms with E-state index in [1.807, 2.05) is 6.92 Å². The number of carbonyl (C=O) groups is 2. The van der Waals surface area contributed by atoms with E-state index in [1.165, 1.54) is 0 Å². The van der Waals surface area contributed by atoms with Crippen molar-refractivity contribution >= 4 is 27.7 Å². The van der Waals surface area contributed by atoms with Gasteiger partial charge in [0.15, 0.2) is 0 Å². The third-order valence-electron chi connectivity index (χ3n) is 1.96. The molecule has 3 nitrogen and oxygen atoms in total. The largest absolute Gasteiger partial charge is 0.296 e. The highest BCUT2D eigenvalue weighted by molar-refractivity contribution is 9.09. The van der Waals surface area contributed by atoms with Crippen molar-refractivity contribution < 1.29 is 9.59 Å². The average Bonchev–Trinajstić information content (AvgIpc) is 1.85. The van der Waals surface area contributed by atoms with E-state index in [1.54, 1.807) is 0 Å². The molecule has 1 aliphatic rings. The summed E-state index contributed by atoms with van der Waals surface area (Å²) in [7, 11) is 0. The number of hydrogen-bond acceptors (Lipinski definition) is 2. The van der Waals surface area contributed by atoms with E-state index < -0.39 is 0 Å². The normalized spacial score (nSPS) is 31.8. The number of rotatable bonds is 1. The van der Waals surface area contributed by atoms with Crippen molar-refractivity contribution in [3.05, 3.63) is 0 Å². The summed E-state index contributed by atoms with van der Waals surface area (Å²) < 4.78 is 0. The summed E-state index contributed by atoms with van der Waals surface area (Å²) in [6.07, 6.45) is 0.460. The lowest BCUT2D eigenvalue weighted by molar-refractivity contribution is -0.137. The molecule has 1 heterocycles. The van der Waals surface area contributed by atoms with Gasteiger partial charge >= 0.3 is 0 Å². The maximum Gasteiger partial charge on any atom is 0.230 e. The minimum Gasteiger partial charge on any atom is -0.296 e. The summed E-state index contributed by atoms with van der Waals surface area (Å²) in [5.74, 6) is -0.186. The van der Waals surface area contributed by atoms with Crippen molar-refractivity contribution in [2.75, 3.05) is 5.33 Å². The first-order valence-corrected chi connectivity index (χ1v) is 4.67. The highest BCUT2D eigenvalue weighted by Crippen LogP contribution is 2.21. The van der Waals surface area contributed by atoms with E-state index in [0.717, 1.165) is 0 Å². The van der Waals surface area contributed by atoms with Crippen LogP contribution in [0.2, 0.25) is 0 Å². The molecule has 0 saturated carbocycles. The van der Waals surface area contributed by atoms with Crippen LogP contribution in [0.15, 0.2) is 0 Å². The zero-order valence-electron chi connectivity index (χ0n) is 6.26. The Morgan fingerprint density at radius 1 is 1.64 bits per heavy atom. The Morgan fingerprint density at radius 3 is 2.73 bits per heavy atom. The van der Waals surface area contributed by atoms with Crippen LogP contribution in [0, 0.1) is 11.8 Å². The smallest absolute Gasteiger partial charge is 0.230 e. The Bertz CT molecular complexity index is 193. The lowest BCUT2D eigenvalue weighted by atomic mass is 9.89. The molecule has 11 heavy (non-hydrogen) atoms. The first-order chi connectivity index (χ1) is 5.15. The monoisotopic (exact) mass is 219 g/mol. The molecule has 2 amide bonds. The number of imide groups is 1. The molecular formula is C7H10BrNO2. The lowest BCUT2D eigenvalue weighted by Gasteiger charge is -2.25. The van der Waals surface area contributed by atoms with Gasteiger partial charge in [-0.3, -0.25) is 14.9 Å². The maximum atomic E-state index is 11.1. The van der Waals surface area contributed by atoms with Crippen LogP contribution in [0.1, 0.15) is 13.3 Å². The quantitative estimate of drug-likeness (QED) is 0.521. The third kappa shape index (κ3) is 1.80. The predicted molar refractivity (Wildman–Crippen MR) is 44.2 cm³/mol. The molecule has 2 atom stereocenters. The second-order valence-electron chi connectivity index (χ2n) is 2.85. The van der Waals surface area contributed by atoms with Crippen LogP contribution < -0.4 is 5.32 Å². The Labute approximate surface area is 73.7 Å². The lowest BCUT2D eigenvalue weighted by Crippen LogP contribution is -2.45. The summed E-state index contributed by atoms with van der Waals surface area (Å²) in [4.78, 5) is 21.9. The SMILES string of the molecule is CC1CC(=O)NC(=O)C1CBr. The Kier molecular flexibility index (Phi) is 2.65. The fourth-order valence-corrected chi connectivity index (χ4v) is 2.13. The topological polar surface area (TPSA) is 46.2 Å². The zero-order chi connectivity index (χ0) is 8.43. The first kappa shape index (κ1) is 8.71. The van der Waals surface area contributed by atoms with Gasteiger partial charge in [-0.15, -0.1) is 0 Å². The molecular weight excluding hydrogens is 210 g/mol. The molecule has 1 fully saturated rings. The van der Waals surface area contributed by atoms with Gasteiger partial charge in [-0.1, -0.05) is 22.9 Å². The summed E-state index contributed by atoms with van der Waals surface area (Å²) in [5, 5.41) is 2.94. The summed E-state index contributed by atoms with van der Waals surface area (Å²) in [5.41, 5.74) is 0. The molecule has 1 aliphatic heterocycles. The number of hydrogen-bond donors (Lipinski definition) is 1. The fourth-order valence-electron chi connectivity index (χ4n) is 1.20. The van der Waals surface area contributed by atoms with Gasteiger partial charge in [0.05, 0.1) is 5.92 Å². The summed E-state index contributed by atoms with van der Waals surface area (Å²) in [6, 6.07) is 0. The van der Waals surface area contributed by atoms with Crippen molar-refractivity contribution in [2.24, 2.45) is 11.8 Å². The van der Waals surface area contributed by atoms with E-state index in [2.05, 4.69) is 21.2 Å². The molecule has 1 N–H and O–H groups in total. The van der Waals surface area contributed by atoms with Crippen molar-refractivity contribution in [1.29, 1.82) is 0 Å². The second-order valence-corrected chi connectivity index (χ2v) is 3.50. The van der Waals surface area contributed by atoms with E-state index >= 15 is 0 Å². The van der Waals surface area contributed by atoms with E-state index in [4.69, 9.17) is 0 Å². The highest BCUT2D eigenvalue weighted by Gasteiger charge is 2.31. The standard InChI is InChI=1S/C7H10BrNO2/c1-4-2-6(10)9-7(11)5(4)3-8/h4-5H,2-3H2,1H3,(H,9,10,11). The molecule has 2 unspecified atom stereocenters. The summed E-state index contributed by atoms with van der Waals surface area (Å²) >= 11 is 3.24. The fraction of sp³-hybridized carbons (Fsp3) is 0.714. The minimum atomic E-state index is -0.153. The number of alkyl halides is 1. The number of nitrogens with one attached hydrogen (secondary N) is 1. The molecule has 0 aromatic heterocycles. The van der Waals surface area contributed by atoms with Gasteiger partial charge in [0.25, 0.3) is 0 Å². The molecule has 0 spiro atoms. The van der Waals surface area contributed by atoms with Gasteiger partial charge in [0.2, 0.25) is 11.8 Å². The van der Waals surface area contributed by atoms with Gasteiger partial charge in [-0.25, -0.2) is 0 Å².